The molecule has 5 heteroatoms. The molecule has 0 unspecified atom stereocenters. The van der Waals surface area contributed by atoms with Gasteiger partial charge in [-0.15, -0.1) is 0 Å². The van der Waals surface area contributed by atoms with Gasteiger partial charge in [0.05, 0.1) is 18.7 Å². The maximum absolute atomic E-state index is 13.3. The van der Waals surface area contributed by atoms with E-state index in [0.29, 0.717) is 23.4 Å². The fraction of sp³-hybridized carbons (Fsp3) is 0.167. The predicted molar refractivity (Wildman–Crippen MR) is 121 cm³/mol. The van der Waals surface area contributed by atoms with Crippen LogP contribution in [0.1, 0.15) is 33.5 Å². The molecule has 3 aromatic carbocycles. The molecule has 1 heterocycles. The minimum atomic E-state index is -1.86. The number of halogens is 1. The molecule has 1 aliphatic heterocycles. The first-order valence-corrected chi connectivity index (χ1v) is 10.4. The van der Waals surface area contributed by atoms with E-state index < -0.39 is 11.5 Å². The van der Waals surface area contributed by atoms with Gasteiger partial charge in [0.25, 0.3) is 5.91 Å². The minimum Gasteiger partial charge on any atom is -0.375 e. The Morgan fingerprint density at radius 3 is 2.48 bits per heavy atom. The summed E-state index contributed by atoms with van der Waals surface area (Å²) in [6.07, 6.45) is -0.283. The quantitative estimate of drug-likeness (QED) is 0.414. The van der Waals surface area contributed by atoms with Crippen LogP contribution in [0.25, 0.3) is 0 Å². The normalized spacial score (nSPS) is 18.0. The van der Waals surface area contributed by atoms with Crippen molar-refractivity contribution in [3.8, 4) is 0 Å². The average Bonchev–Trinajstić information content (AvgIpc) is 2.91. The standard InChI is InChI=1S/C24H20INO3/c1-16-9-11-18(12-10-16)22(27)14-24(29)20-7-2-3-8-21(20)26(23(24)28)15-17-5-4-6-19(25)13-17/h2-13,29H,14-15H2,1H3/t24-/m0/s1. The van der Waals surface area contributed by atoms with Crippen molar-refractivity contribution in [2.75, 3.05) is 4.90 Å². The fourth-order valence-corrected chi connectivity index (χ4v) is 4.33. The van der Waals surface area contributed by atoms with Crippen molar-refractivity contribution in [2.45, 2.75) is 25.5 Å². The van der Waals surface area contributed by atoms with Crippen molar-refractivity contribution in [1.29, 1.82) is 0 Å². The number of aryl methyl sites for hydroxylation is 1. The molecular formula is C24H20INO3. The average molecular weight is 497 g/mol. The van der Waals surface area contributed by atoms with Crippen molar-refractivity contribution < 1.29 is 14.7 Å². The van der Waals surface area contributed by atoms with Gasteiger partial charge in [0.15, 0.2) is 11.4 Å². The van der Waals surface area contributed by atoms with Gasteiger partial charge in [-0.3, -0.25) is 9.59 Å². The van der Waals surface area contributed by atoms with E-state index in [1.54, 1.807) is 29.2 Å². The number of aliphatic hydroxyl groups is 1. The van der Waals surface area contributed by atoms with Crippen molar-refractivity contribution in [3.05, 3.63) is 98.6 Å². The first kappa shape index (κ1) is 19.8. The lowest BCUT2D eigenvalue weighted by molar-refractivity contribution is -0.136. The number of Topliss-reactive ketones (excluding diaryl/α,β-unsaturated/α-hetero) is 1. The van der Waals surface area contributed by atoms with Crippen molar-refractivity contribution in [2.24, 2.45) is 0 Å². The van der Waals surface area contributed by atoms with E-state index in [1.165, 1.54) is 0 Å². The monoisotopic (exact) mass is 497 g/mol. The van der Waals surface area contributed by atoms with Crippen LogP contribution in [0, 0.1) is 10.5 Å². The Hall–Kier alpha value is -2.51. The van der Waals surface area contributed by atoms with Crippen molar-refractivity contribution >= 4 is 40.0 Å². The SMILES string of the molecule is Cc1ccc(C(=O)C[C@@]2(O)C(=O)N(Cc3cccc(I)c3)c3ccccc32)cc1. The van der Waals surface area contributed by atoms with Crippen LogP contribution in [0.5, 0.6) is 0 Å². The third kappa shape index (κ3) is 3.72. The highest BCUT2D eigenvalue weighted by Crippen LogP contribution is 2.43. The number of benzene rings is 3. The molecule has 0 saturated heterocycles. The number of carbonyl (C=O) groups excluding carboxylic acids is 2. The number of anilines is 1. The van der Waals surface area contributed by atoms with Gasteiger partial charge in [-0.2, -0.15) is 0 Å². The molecule has 0 spiro atoms. The Balaban J connectivity index is 1.67. The van der Waals surface area contributed by atoms with E-state index in [-0.39, 0.29) is 12.2 Å². The number of amides is 1. The zero-order chi connectivity index (χ0) is 20.6. The van der Waals surface area contributed by atoms with Crippen LogP contribution in [0.15, 0.2) is 72.8 Å². The molecule has 0 aromatic heterocycles. The molecule has 4 nitrogen and oxygen atoms in total. The number of nitrogens with zero attached hydrogens (tertiary/aromatic N) is 1. The largest absolute Gasteiger partial charge is 0.375 e. The van der Waals surface area contributed by atoms with Crippen LogP contribution in [0.3, 0.4) is 0 Å². The van der Waals surface area contributed by atoms with E-state index in [0.717, 1.165) is 14.7 Å². The van der Waals surface area contributed by atoms with Crippen LogP contribution in [-0.2, 0) is 16.9 Å². The van der Waals surface area contributed by atoms with Gasteiger partial charge in [-0.25, -0.2) is 0 Å². The lowest BCUT2D eigenvalue weighted by Gasteiger charge is -2.23. The molecule has 1 N–H and O–H groups in total. The molecule has 0 radical (unpaired) electrons. The third-order valence-electron chi connectivity index (χ3n) is 5.26. The minimum absolute atomic E-state index is 0.258. The first-order valence-electron chi connectivity index (χ1n) is 9.37. The molecule has 0 aliphatic carbocycles. The summed E-state index contributed by atoms with van der Waals surface area (Å²) in [5.41, 5.74) is 1.78. The highest BCUT2D eigenvalue weighted by molar-refractivity contribution is 14.1. The molecule has 1 amide bonds. The third-order valence-corrected chi connectivity index (χ3v) is 5.93. The summed E-state index contributed by atoms with van der Waals surface area (Å²) in [5.74, 6) is -0.718. The van der Waals surface area contributed by atoms with Gasteiger partial charge in [-0.1, -0.05) is 60.2 Å². The van der Waals surface area contributed by atoms with Gasteiger partial charge >= 0.3 is 0 Å². The summed E-state index contributed by atoms with van der Waals surface area (Å²) in [7, 11) is 0. The molecule has 0 saturated carbocycles. The summed E-state index contributed by atoms with van der Waals surface area (Å²) in [6, 6.07) is 22.2. The molecule has 146 valence electrons. The second-order valence-corrected chi connectivity index (χ2v) is 8.61. The number of fused-ring (bicyclic) bond motifs is 1. The van der Waals surface area contributed by atoms with E-state index in [9.17, 15) is 14.7 Å². The highest BCUT2D eigenvalue weighted by Gasteiger charge is 2.50. The fourth-order valence-electron chi connectivity index (χ4n) is 3.73. The van der Waals surface area contributed by atoms with Crippen LogP contribution < -0.4 is 4.90 Å². The highest BCUT2D eigenvalue weighted by atomic mass is 127. The molecule has 0 bridgehead atoms. The van der Waals surface area contributed by atoms with Crippen LogP contribution >= 0.6 is 22.6 Å². The van der Waals surface area contributed by atoms with Gasteiger partial charge in [0.1, 0.15) is 0 Å². The number of hydrogen-bond acceptors (Lipinski definition) is 3. The summed E-state index contributed by atoms with van der Waals surface area (Å²) < 4.78 is 1.07. The van der Waals surface area contributed by atoms with Crippen molar-refractivity contribution in [1.82, 2.24) is 0 Å². The van der Waals surface area contributed by atoms with E-state index in [2.05, 4.69) is 22.6 Å². The van der Waals surface area contributed by atoms with E-state index in [4.69, 9.17) is 0 Å². The van der Waals surface area contributed by atoms with Gasteiger partial charge in [-0.05, 0) is 53.3 Å². The van der Waals surface area contributed by atoms with Crippen LogP contribution in [0.4, 0.5) is 5.69 Å². The Morgan fingerprint density at radius 2 is 1.76 bits per heavy atom. The Bertz CT molecular complexity index is 1090. The molecular weight excluding hydrogens is 477 g/mol. The maximum Gasteiger partial charge on any atom is 0.264 e. The summed E-state index contributed by atoms with van der Waals surface area (Å²) in [5, 5.41) is 11.4. The molecule has 3 aromatic rings. The van der Waals surface area contributed by atoms with Gasteiger partial charge in [0.2, 0.25) is 0 Å². The Labute approximate surface area is 183 Å². The van der Waals surface area contributed by atoms with Gasteiger partial charge < -0.3 is 10.0 Å². The summed E-state index contributed by atoms with van der Waals surface area (Å²) >= 11 is 2.23. The zero-order valence-corrected chi connectivity index (χ0v) is 18.1. The predicted octanol–water partition coefficient (Wildman–Crippen LogP) is 4.61. The van der Waals surface area contributed by atoms with Crippen molar-refractivity contribution in [3.63, 3.8) is 0 Å². The summed E-state index contributed by atoms with van der Waals surface area (Å²) in [6.45, 7) is 2.29. The number of hydrogen-bond donors (Lipinski definition) is 1. The molecule has 4 rings (SSSR count). The maximum atomic E-state index is 13.3. The smallest absolute Gasteiger partial charge is 0.264 e. The van der Waals surface area contributed by atoms with E-state index in [1.807, 2.05) is 55.5 Å². The van der Waals surface area contributed by atoms with Crippen LogP contribution in [0.2, 0.25) is 0 Å². The number of rotatable bonds is 5. The topological polar surface area (TPSA) is 57.6 Å². The Kier molecular flexibility index (Phi) is 5.27. The number of ketones is 1. The summed E-state index contributed by atoms with van der Waals surface area (Å²) in [4.78, 5) is 27.7. The van der Waals surface area contributed by atoms with Gasteiger partial charge in [0, 0.05) is 14.7 Å². The molecule has 29 heavy (non-hydrogen) atoms. The second-order valence-electron chi connectivity index (χ2n) is 7.36. The molecule has 1 aliphatic rings. The number of para-hydroxylation sites is 1. The van der Waals surface area contributed by atoms with E-state index >= 15 is 0 Å². The Morgan fingerprint density at radius 1 is 1.03 bits per heavy atom. The lowest BCUT2D eigenvalue weighted by atomic mass is 9.88. The lowest BCUT2D eigenvalue weighted by Crippen LogP contribution is -2.41. The molecule has 0 fully saturated rings. The number of carbonyl (C=O) groups is 2. The second kappa shape index (κ2) is 7.72. The first-order chi connectivity index (χ1) is 13.9. The zero-order valence-electron chi connectivity index (χ0n) is 15.9. The van der Waals surface area contributed by atoms with Crippen LogP contribution in [-0.4, -0.2) is 16.8 Å². The molecule has 1 atom stereocenters.